The molecule has 2 rings (SSSR count). The average Bonchev–Trinajstić information content (AvgIpc) is 2.47. The second-order valence-corrected chi connectivity index (χ2v) is 7.74. The van der Waals surface area contributed by atoms with Gasteiger partial charge in [-0.2, -0.15) is 0 Å². The Balaban J connectivity index is 1.85. The minimum atomic E-state index is -0.429. The summed E-state index contributed by atoms with van der Waals surface area (Å²) in [6.07, 6.45) is 5.97. The number of nitrogens with zero attached hydrogens (tertiary/aromatic N) is 2. The lowest BCUT2D eigenvalue weighted by atomic mass is 10.0. The minimum absolute atomic E-state index is 0.167. The molecule has 4 nitrogen and oxygen atoms in total. The van der Waals surface area contributed by atoms with Crippen LogP contribution in [0.4, 0.5) is 4.79 Å². The molecule has 122 valence electrons. The van der Waals surface area contributed by atoms with E-state index < -0.39 is 5.60 Å². The molecule has 1 aromatic rings. The molecule has 2 heterocycles. The molecule has 1 fully saturated rings. The van der Waals surface area contributed by atoms with Crippen LogP contribution in [0, 0.1) is 0 Å². The monoisotopic (exact) mass is 322 g/mol. The quantitative estimate of drug-likeness (QED) is 0.773. The fraction of sp³-hybridized carbons (Fsp3) is 0.647. The van der Waals surface area contributed by atoms with Crippen molar-refractivity contribution in [2.24, 2.45) is 0 Å². The van der Waals surface area contributed by atoms with Crippen LogP contribution in [0.15, 0.2) is 29.4 Å². The summed E-state index contributed by atoms with van der Waals surface area (Å²) in [5.41, 5.74) is -0.429. The number of rotatable bonds is 4. The zero-order chi connectivity index (χ0) is 16.0. The molecule has 22 heavy (non-hydrogen) atoms. The maximum absolute atomic E-state index is 12.3. The van der Waals surface area contributed by atoms with Gasteiger partial charge in [0.2, 0.25) is 0 Å². The molecule has 0 aliphatic carbocycles. The number of likely N-dealkylation sites (tertiary alicyclic amines) is 1. The Labute approximate surface area is 137 Å². The van der Waals surface area contributed by atoms with Crippen molar-refractivity contribution in [3.05, 3.63) is 24.4 Å². The lowest BCUT2D eigenvalue weighted by Crippen LogP contribution is -2.46. The molecule has 0 spiro atoms. The summed E-state index contributed by atoms with van der Waals surface area (Å²) >= 11 is 1.75. The number of amides is 1. The summed E-state index contributed by atoms with van der Waals surface area (Å²) in [5.74, 6) is 0.973. The van der Waals surface area contributed by atoms with E-state index in [4.69, 9.17) is 4.74 Å². The zero-order valence-electron chi connectivity index (χ0n) is 13.7. The van der Waals surface area contributed by atoms with E-state index in [9.17, 15) is 4.79 Å². The van der Waals surface area contributed by atoms with E-state index in [1.54, 1.807) is 11.8 Å². The number of carbonyl (C=O) groups excluding carboxylic acids is 1. The third kappa shape index (κ3) is 5.52. The molecule has 0 bridgehead atoms. The van der Waals surface area contributed by atoms with Crippen LogP contribution < -0.4 is 0 Å². The van der Waals surface area contributed by atoms with Crippen molar-refractivity contribution in [3.8, 4) is 0 Å². The molecule has 0 radical (unpaired) electrons. The van der Waals surface area contributed by atoms with Gasteiger partial charge in [0.15, 0.2) is 0 Å². The summed E-state index contributed by atoms with van der Waals surface area (Å²) in [7, 11) is 0. The molecule has 1 aliphatic rings. The molecule has 1 aliphatic heterocycles. The standard InChI is InChI=1S/C17H26N2O2S/c1-17(2,3)21-16(20)19-12-7-5-8-14(19)10-13-22-15-9-4-6-11-18-15/h4,6,9,11,14H,5,7-8,10,12-13H2,1-3H3. The topological polar surface area (TPSA) is 42.4 Å². The van der Waals surface area contributed by atoms with Gasteiger partial charge in [-0.3, -0.25) is 0 Å². The van der Waals surface area contributed by atoms with Gasteiger partial charge in [0, 0.05) is 24.5 Å². The third-order valence-corrected chi connectivity index (χ3v) is 4.57. The molecule has 5 heteroatoms. The Hall–Kier alpha value is -1.23. The largest absolute Gasteiger partial charge is 0.444 e. The Morgan fingerprint density at radius 3 is 2.91 bits per heavy atom. The van der Waals surface area contributed by atoms with Gasteiger partial charge in [0.25, 0.3) is 0 Å². The highest BCUT2D eigenvalue weighted by Crippen LogP contribution is 2.25. The first-order valence-electron chi connectivity index (χ1n) is 7.99. The Morgan fingerprint density at radius 1 is 1.41 bits per heavy atom. The molecular formula is C17H26N2O2S. The van der Waals surface area contributed by atoms with E-state index in [1.165, 1.54) is 6.42 Å². The molecule has 1 unspecified atom stereocenters. The zero-order valence-corrected chi connectivity index (χ0v) is 14.6. The third-order valence-electron chi connectivity index (χ3n) is 3.59. The van der Waals surface area contributed by atoms with Crippen molar-refractivity contribution in [2.75, 3.05) is 12.3 Å². The second kappa shape index (κ2) is 7.86. The van der Waals surface area contributed by atoms with Crippen LogP contribution in [0.5, 0.6) is 0 Å². The van der Waals surface area contributed by atoms with Gasteiger partial charge in [-0.1, -0.05) is 6.07 Å². The number of hydrogen-bond acceptors (Lipinski definition) is 4. The van der Waals surface area contributed by atoms with Crippen molar-refractivity contribution in [1.82, 2.24) is 9.88 Å². The maximum atomic E-state index is 12.3. The first-order valence-corrected chi connectivity index (χ1v) is 8.98. The van der Waals surface area contributed by atoms with Gasteiger partial charge in [0.05, 0.1) is 5.03 Å². The number of ether oxygens (including phenoxy) is 1. The summed E-state index contributed by atoms with van der Waals surface area (Å²) in [5, 5.41) is 1.04. The molecule has 1 saturated heterocycles. The highest BCUT2D eigenvalue weighted by molar-refractivity contribution is 7.99. The van der Waals surface area contributed by atoms with Gasteiger partial charge < -0.3 is 9.64 Å². The van der Waals surface area contributed by atoms with Gasteiger partial charge in [-0.15, -0.1) is 11.8 Å². The molecular weight excluding hydrogens is 296 g/mol. The number of thioether (sulfide) groups is 1. The van der Waals surface area contributed by atoms with Crippen molar-refractivity contribution in [2.45, 2.75) is 63.1 Å². The van der Waals surface area contributed by atoms with Gasteiger partial charge >= 0.3 is 6.09 Å². The van der Waals surface area contributed by atoms with Crippen molar-refractivity contribution in [1.29, 1.82) is 0 Å². The van der Waals surface area contributed by atoms with Crippen LogP contribution in [0.1, 0.15) is 46.5 Å². The first kappa shape index (κ1) is 17.1. The number of hydrogen-bond donors (Lipinski definition) is 0. The van der Waals surface area contributed by atoms with E-state index >= 15 is 0 Å². The lowest BCUT2D eigenvalue weighted by molar-refractivity contribution is 0.00959. The van der Waals surface area contributed by atoms with Crippen LogP contribution in [-0.2, 0) is 4.74 Å². The minimum Gasteiger partial charge on any atom is -0.444 e. The predicted octanol–water partition coefficient (Wildman–Crippen LogP) is 4.35. The van der Waals surface area contributed by atoms with Crippen LogP contribution in [-0.4, -0.2) is 39.9 Å². The van der Waals surface area contributed by atoms with Gasteiger partial charge in [0.1, 0.15) is 5.60 Å². The van der Waals surface area contributed by atoms with E-state index in [2.05, 4.69) is 4.98 Å². The van der Waals surface area contributed by atoms with Crippen LogP contribution >= 0.6 is 11.8 Å². The molecule has 1 atom stereocenters. The normalized spacial score (nSPS) is 19.0. The summed E-state index contributed by atoms with van der Waals surface area (Å²) in [4.78, 5) is 18.6. The molecule has 1 amide bonds. The van der Waals surface area contributed by atoms with E-state index in [0.29, 0.717) is 6.04 Å². The second-order valence-electron chi connectivity index (χ2n) is 6.63. The lowest BCUT2D eigenvalue weighted by Gasteiger charge is -2.36. The fourth-order valence-electron chi connectivity index (χ4n) is 2.59. The highest BCUT2D eigenvalue weighted by Gasteiger charge is 2.30. The summed E-state index contributed by atoms with van der Waals surface area (Å²) in [6.45, 7) is 6.57. The van der Waals surface area contributed by atoms with Crippen molar-refractivity contribution < 1.29 is 9.53 Å². The fourth-order valence-corrected chi connectivity index (χ4v) is 3.50. The molecule has 0 N–H and O–H groups in total. The Kier molecular flexibility index (Phi) is 6.12. The smallest absolute Gasteiger partial charge is 0.410 e. The van der Waals surface area contributed by atoms with Crippen LogP contribution in [0.25, 0.3) is 0 Å². The van der Waals surface area contributed by atoms with Crippen LogP contribution in [0.3, 0.4) is 0 Å². The van der Waals surface area contributed by atoms with Gasteiger partial charge in [-0.25, -0.2) is 9.78 Å². The SMILES string of the molecule is CC(C)(C)OC(=O)N1CCCCC1CCSc1ccccn1. The van der Waals surface area contributed by atoms with Crippen LogP contribution in [0.2, 0.25) is 0 Å². The van der Waals surface area contributed by atoms with E-state index in [-0.39, 0.29) is 6.09 Å². The Bertz CT molecular complexity index is 473. The van der Waals surface area contributed by atoms with E-state index in [1.807, 2.05) is 50.1 Å². The number of pyridine rings is 1. The highest BCUT2D eigenvalue weighted by atomic mass is 32.2. The van der Waals surface area contributed by atoms with Crippen molar-refractivity contribution >= 4 is 17.9 Å². The predicted molar refractivity (Wildman–Crippen MR) is 90.2 cm³/mol. The number of aromatic nitrogens is 1. The maximum Gasteiger partial charge on any atom is 0.410 e. The average molecular weight is 322 g/mol. The number of carbonyl (C=O) groups is 1. The molecule has 0 aromatic carbocycles. The summed E-state index contributed by atoms with van der Waals surface area (Å²) < 4.78 is 5.54. The first-order chi connectivity index (χ1) is 10.5. The Morgan fingerprint density at radius 2 is 2.23 bits per heavy atom. The van der Waals surface area contributed by atoms with E-state index in [0.717, 1.165) is 36.6 Å². The number of piperidine rings is 1. The summed E-state index contributed by atoms with van der Waals surface area (Å²) in [6, 6.07) is 6.25. The molecule has 1 aromatic heterocycles. The molecule has 0 saturated carbocycles. The van der Waals surface area contributed by atoms with Gasteiger partial charge in [-0.05, 0) is 58.6 Å². The van der Waals surface area contributed by atoms with Crippen molar-refractivity contribution in [3.63, 3.8) is 0 Å².